The van der Waals surface area contributed by atoms with E-state index >= 15 is 0 Å². The minimum absolute atomic E-state index is 0.103. The zero-order valence-electron chi connectivity index (χ0n) is 23.1. The van der Waals surface area contributed by atoms with Gasteiger partial charge in [0.15, 0.2) is 6.10 Å². The molecule has 0 fully saturated rings. The highest BCUT2D eigenvalue weighted by molar-refractivity contribution is 5.93. The topological polar surface area (TPSA) is 111 Å². The Morgan fingerprint density at radius 1 is 1.13 bits per heavy atom. The Morgan fingerprint density at radius 2 is 1.82 bits per heavy atom. The molecule has 1 unspecified atom stereocenters. The summed E-state index contributed by atoms with van der Waals surface area (Å²) in [5.74, 6) is -0.967. The maximum atomic E-state index is 14.7. The van der Waals surface area contributed by atoms with E-state index in [0.29, 0.717) is 35.6 Å². The first kappa shape index (κ1) is 29.4. The molecule has 6 rings (SSSR count). The number of aryl methyl sites for hydroxylation is 1. The lowest BCUT2D eigenvalue weighted by molar-refractivity contribution is -0.157. The van der Waals surface area contributed by atoms with Gasteiger partial charge in [-0.2, -0.15) is 0 Å². The second kappa shape index (κ2) is 12.1. The smallest absolute Gasteiger partial charge is 0.340 e. The lowest BCUT2D eigenvalue weighted by atomic mass is 9.78. The second-order valence-corrected chi connectivity index (χ2v) is 8.76. The summed E-state index contributed by atoms with van der Waals surface area (Å²) < 4.78 is 26.8. The number of aliphatic hydroxyl groups is 2. The molecule has 1 aromatic carbocycles. The normalized spacial score (nSPS) is 17.9. The van der Waals surface area contributed by atoms with Crippen LogP contribution in [0.15, 0.2) is 16.9 Å². The van der Waals surface area contributed by atoms with Crippen LogP contribution in [0.5, 0.6) is 0 Å². The van der Waals surface area contributed by atoms with Crippen LogP contribution in [0.1, 0.15) is 79.5 Å². The molecule has 0 spiro atoms. The number of hydrogen-bond acceptors (Lipinski definition) is 7. The molecule has 3 aliphatic rings. The maximum Gasteiger partial charge on any atom is 0.340 e. The number of ether oxygens (including phenoxy) is 2. The average Bonchev–Trinajstić information content (AvgIpc) is 3.32. The van der Waals surface area contributed by atoms with Crippen molar-refractivity contribution in [2.45, 2.75) is 72.6 Å². The van der Waals surface area contributed by atoms with Gasteiger partial charge in [0.2, 0.25) is 0 Å². The highest BCUT2D eigenvalue weighted by Gasteiger charge is 2.37. The number of pyridine rings is 2. The van der Waals surface area contributed by atoms with Gasteiger partial charge in [0.05, 0.1) is 35.6 Å². The van der Waals surface area contributed by atoms with E-state index in [1.807, 2.05) is 27.7 Å². The van der Waals surface area contributed by atoms with Gasteiger partial charge in [0.25, 0.3) is 5.56 Å². The number of esters is 1. The van der Waals surface area contributed by atoms with E-state index in [1.54, 1.807) is 24.7 Å². The molecule has 0 bridgehead atoms. The van der Waals surface area contributed by atoms with E-state index < -0.39 is 12.1 Å². The fourth-order valence-corrected chi connectivity index (χ4v) is 5.57. The van der Waals surface area contributed by atoms with E-state index in [-0.39, 0.29) is 35.0 Å². The molecule has 1 aliphatic carbocycles. The first-order valence-corrected chi connectivity index (χ1v) is 13.1. The van der Waals surface area contributed by atoms with Gasteiger partial charge in [-0.1, -0.05) is 27.7 Å². The predicted octanol–water partition coefficient (Wildman–Crippen LogP) is 4.30. The fraction of sp³-hybridized carbons (Fsp3) is 0.483. The number of aliphatic hydroxyl groups excluding tert-OH is 2. The number of halogens is 1. The van der Waals surface area contributed by atoms with Gasteiger partial charge < -0.3 is 24.3 Å². The van der Waals surface area contributed by atoms with Crippen LogP contribution in [0.3, 0.4) is 0 Å². The van der Waals surface area contributed by atoms with Gasteiger partial charge in [-0.25, -0.2) is 14.2 Å². The van der Waals surface area contributed by atoms with E-state index in [9.17, 15) is 19.1 Å². The lowest BCUT2D eigenvalue weighted by Crippen LogP contribution is -2.32. The summed E-state index contributed by atoms with van der Waals surface area (Å²) >= 11 is 0. The van der Waals surface area contributed by atoms with Crippen LogP contribution in [0, 0.1) is 12.7 Å². The van der Waals surface area contributed by atoms with E-state index in [1.165, 1.54) is 6.07 Å². The second-order valence-electron chi connectivity index (χ2n) is 8.76. The number of carbonyl (C=O) groups excluding carboxylic acids is 1. The molecule has 0 radical (unpaired) electrons. The SMILES string of the molecule is CC.CC.CO.COCC1CCc2c(C)c(F)cc3nc4c(c1c23)Cn1c-4cc2c(c1=O)COC(=O)[C@H]2O. The number of methoxy groups -OCH3 is 1. The van der Waals surface area contributed by atoms with Crippen molar-refractivity contribution in [3.63, 3.8) is 0 Å². The van der Waals surface area contributed by atoms with Crippen molar-refractivity contribution in [1.82, 2.24) is 9.55 Å². The molecule has 2 aromatic heterocycles. The van der Waals surface area contributed by atoms with Crippen molar-refractivity contribution >= 4 is 16.9 Å². The van der Waals surface area contributed by atoms with Crippen LogP contribution < -0.4 is 5.56 Å². The van der Waals surface area contributed by atoms with Crippen molar-refractivity contribution in [3.05, 3.63) is 61.7 Å². The third-order valence-electron chi connectivity index (χ3n) is 7.13. The first-order chi connectivity index (χ1) is 18.4. The monoisotopic (exact) mass is 528 g/mol. The van der Waals surface area contributed by atoms with Crippen LogP contribution in [-0.2, 0) is 33.8 Å². The Kier molecular flexibility index (Phi) is 9.40. The molecule has 4 heterocycles. The molecular weight excluding hydrogens is 491 g/mol. The lowest BCUT2D eigenvalue weighted by Gasteiger charge is -2.28. The summed E-state index contributed by atoms with van der Waals surface area (Å²) in [6.07, 6.45) is 0.0571. The van der Waals surface area contributed by atoms with Crippen molar-refractivity contribution in [2.75, 3.05) is 20.8 Å². The van der Waals surface area contributed by atoms with Gasteiger partial charge in [-0.3, -0.25) is 4.79 Å². The maximum absolute atomic E-state index is 14.7. The Bertz CT molecular complexity index is 1420. The van der Waals surface area contributed by atoms with Crippen LogP contribution >= 0.6 is 0 Å². The molecule has 8 nitrogen and oxygen atoms in total. The number of cyclic esters (lactones) is 1. The average molecular weight is 529 g/mol. The molecule has 206 valence electrons. The Balaban J connectivity index is 0.000000625. The van der Waals surface area contributed by atoms with E-state index in [0.717, 1.165) is 42.0 Å². The Hall–Kier alpha value is -3.14. The summed E-state index contributed by atoms with van der Waals surface area (Å²) in [5, 5.41) is 18.3. The van der Waals surface area contributed by atoms with Crippen molar-refractivity contribution < 1.29 is 28.9 Å². The zero-order valence-corrected chi connectivity index (χ0v) is 23.1. The summed E-state index contributed by atoms with van der Waals surface area (Å²) in [6, 6.07) is 3.11. The molecule has 38 heavy (non-hydrogen) atoms. The summed E-state index contributed by atoms with van der Waals surface area (Å²) in [5.41, 5.74) is 5.49. The zero-order chi connectivity index (χ0) is 28.3. The fourth-order valence-electron chi connectivity index (χ4n) is 5.57. The van der Waals surface area contributed by atoms with Crippen molar-refractivity contribution in [3.8, 4) is 11.4 Å². The van der Waals surface area contributed by atoms with Crippen molar-refractivity contribution in [1.29, 1.82) is 0 Å². The van der Waals surface area contributed by atoms with Crippen LogP contribution in [0.2, 0.25) is 0 Å². The molecule has 0 amide bonds. The minimum Gasteiger partial charge on any atom is -0.458 e. The van der Waals surface area contributed by atoms with E-state index in [2.05, 4.69) is 0 Å². The Morgan fingerprint density at radius 3 is 2.47 bits per heavy atom. The number of rotatable bonds is 2. The number of hydrogen-bond donors (Lipinski definition) is 2. The van der Waals surface area contributed by atoms with Gasteiger partial charge in [0.1, 0.15) is 12.4 Å². The van der Waals surface area contributed by atoms with Gasteiger partial charge in [-0.05, 0) is 42.5 Å². The molecule has 2 atom stereocenters. The number of carbonyl (C=O) groups is 1. The highest BCUT2D eigenvalue weighted by Crippen LogP contribution is 2.45. The highest BCUT2D eigenvalue weighted by atomic mass is 19.1. The molecular formula is C29H37FN2O6. The summed E-state index contributed by atoms with van der Waals surface area (Å²) in [6.45, 7) is 10.5. The first-order valence-electron chi connectivity index (χ1n) is 13.1. The summed E-state index contributed by atoms with van der Waals surface area (Å²) in [7, 11) is 2.66. The van der Waals surface area contributed by atoms with Gasteiger partial charge in [0, 0.05) is 42.7 Å². The third-order valence-corrected chi connectivity index (χ3v) is 7.13. The third kappa shape index (κ3) is 4.52. The summed E-state index contributed by atoms with van der Waals surface area (Å²) in [4.78, 5) is 29.9. The minimum atomic E-state index is -1.51. The number of benzene rings is 1. The molecule has 3 aromatic rings. The molecule has 9 heteroatoms. The predicted molar refractivity (Wildman–Crippen MR) is 144 cm³/mol. The van der Waals surface area contributed by atoms with Gasteiger partial charge >= 0.3 is 5.97 Å². The van der Waals surface area contributed by atoms with Crippen LogP contribution in [-0.4, -0.2) is 46.6 Å². The molecule has 2 aliphatic heterocycles. The number of aromatic nitrogens is 2. The molecule has 0 saturated heterocycles. The van der Waals surface area contributed by atoms with E-state index in [4.69, 9.17) is 19.6 Å². The standard InChI is InChI=1S/C24H21FN2O5.2C2H6.CH4O/c1-10-12-4-3-11(8-31-2)19-14-7-27-18(21(14)26-17(20(12)19)6-16(10)25)5-13-15(23(27)29)9-32-24(30)22(13)28;3*1-2/h5-6,11,22,28H,3-4,7-9H2,1-2H3;2*1-2H3;2H,1H3/t11?,22-;;;/m0.../s1. The molecule has 2 N–H and O–H groups in total. The quantitative estimate of drug-likeness (QED) is 0.373. The largest absolute Gasteiger partial charge is 0.458 e. The molecule has 0 saturated carbocycles. The van der Waals surface area contributed by atoms with Gasteiger partial charge in [-0.15, -0.1) is 0 Å². The van der Waals surface area contributed by atoms with Crippen LogP contribution in [0.25, 0.3) is 22.3 Å². The van der Waals surface area contributed by atoms with Crippen molar-refractivity contribution in [2.24, 2.45) is 0 Å². The number of nitrogens with zero attached hydrogens (tertiary/aromatic N) is 2. The number of fused-ring (bicyclic) bond motifs is 5. The van der Waals surface area contributed by atoms with Crippen LogP contribution in [0.4, 0.5) is 4.39 Å². The Labute approximate surface area is 222 Å².